The van der Waals surface area contributed by atoms with E-state index in [-0.39, 0.29) is 23.1 Å². The number of rotatable bonds is 7. The third kappa shape index (κ3) is 6.96. The van der Waals surface area contributed by atoms with Crippen LogP contribution < -0.4 is 0 Å². The lowest BCUT2D eigenvalue weighted by molar-refractivity contribution is -0.141. The molecule has 210 valence electrons. The highest BCUT2D eigenvalue weighted by Gasteiger charge is 2.30. The van der Waals surface area contributed by atoms with Crippen molar-refractivity contribution < 1.29 is 9.59 Å². The second kappa shape index (κ2) is 12.6. The van der Waals surface area contributed by atoms with E-state index in [1.54, 1.807) is 30.1 Å². The lowest BCUT2D eigenvalue weighted by Gasteiger charge is -2.38. The number of halogens is 2. The van der Waals surface area contributed by atoms with Crippen LogP contribution in [0.4, 0.5) is 0 Å². The first kappa shape index (κ1) is 29.9. The van der Waals surface area contributed by atoms with E-state index in [0.29, 0.717) is 40.8 Å². The molecule has 1 aliphatic heterocycles. The van der Waals surface area contributed by atoms with Gasteiger partial charge in [0.2, 0.25) is 5.91 Å². The largest absolute Gasteiger partial charge is 0.341 e. The predicted molar refractivity (Wildman–Crippen MR) is 162 cm³/mol. The highest BCUT2D eigenvalue weighted by molar-refractivity contribution is 6.42. The van der Waals surface area contributed by atoms with Gasteiger partial charge in [0.15, 0.2) is 0 Å². The summed E-state index contributed by atoms with van der Waals surface area (Å²) in [5.74, 6) is 0.0741. The van der Waals surface area contributed by atoms with Crippen molar-refractivity contribution in [2.45, 2.75) is 33.1 Å². The van der Waals surface area contributed by atoms with Crippen molar-refractivity contribution in [3.63, 3.8) is 0 Å². The van der Waals surface area contributed by atoms with Gasteiger partial charge >= 0.3 is 0 Å². The highest BCUT2D eigenvalue weighted by atomic mass is 35.5. The van der Waals surface area contributed by atoms with E-state index in [9.17, 15) is 14.9 Å². The summed E-state index contributed by atoms with van der Waals surface area (Å²) in [6.45, 7) is 10.3. The molecule has 0 unspecified atom stereocenters. The van der Waals surface area contributed by atoms with Gasteiger partial charge in [0.05, 0.1) is 21.7 Å². The van der Waals surface area contributed by atoms with Gasteiger partial charge in [-0.2, -0.15) is 5.26 Å². The van der Waals surface area contributed by atoms with Gasteiger partial charge in [0, 0.05) is 56.7 Å². The molecule has 0 aromatic heterocycles. The lowest BCUT2D eigenvalue weighted by atomic mass is 9.93. The zero-order chi connectivity index (χ0) is 29.0. The lowest BCUT2D eigenvalue weighted by Crippen LogP contribution is -2.51. The number of nitriles is 1. The number of likely N-dealkylation sites (N-methyl/N-ethyl adjacent to an activating group) is 1. The SMILES string of the molecule is CN(C[C@@H](CCN1CCN(C(=O)C(C)(C)C)CC1)c1ccc(Cl)c(Cl)c1)C(=O)c1cc(C#N)cc2ccccc12. The van der Waals surface area contributed by atoms with Crippen LogP contribution in [0.1, 0.15) is 54.6 Å². The third-order valence-corrected chi connectivity index (χ3v) is 8.31. The Morgan fingerprint density at radius 1 is 1.00 bits per heavy atom. The minimum atomic E-state index is -0.379. The van der Waals surface area contributed by atoms with E-state index in [1.807, 2.05) is 62.1 Å². The molecule has 3 aromatic rings. The second-order valence-electron chi connectivity index (χ2n) is 11.6. The number of hydrogen-bond acceptors (Lipinski definition) is 4. The van der Waals surface area contributed by atoms with Crippen LogP contribution in [-0.2, 0) is 4.79 Å². The molecule has 8 heteroatoms. The molecule has 0 N–H and O–H groups in total. The Balaban J connectivity index is 1.50. The van der Waals surface area contributed by atoms with E-state index in [1.165, 1.54) is 0 Å². The van der Waals surface area contributed by atoms with Crippen molar-refractivity contribution in [2.75, 3.05) is 46.3 Å². The molecule has 0 radical (unpaired) electrons. The second-order valence-corrected chi connectivity index (χ2v) is 12.4. The van der Waals surface area contributed by atoms with Crippen molar-refractivity contribution in [3.8, 4) is 6.07 Å². The van der Waals surface area contributed by atoms with Crippen molar-refractivity contribution >= 4 is 45.8 Å². The summed E-state index contributed by atoms with van der Waals surface area (Å²) in [5.41, 5.74) is 1.62. The molecule has 3 aromatic carbocycles. The Morgan fingerprint density at radius 2 is 1.70 bits per heavy atom. The minimum absolute atomic E-state index is 0.0170. The fourth-order valence-corrected chi connectivity index (χ4v) is 5.59. The summed E-state index contributed by atoms with van der Waals surface area (Å²) in [5, 5.41) is 12.2. The van der Waals surface area contributed by atoms with Crippen LogP contribution in [0.25, 0.3) is 10.8 Å². The van der Waals surface area contributed by atoms with Gasteiger partial charge in [0.25, 0.3) is 5.91 Å². The van der Waals surface area contributed by atoms with Crippen LogP contribution in [0.5, 0.6) is 0 Å². The summed E-state index contributed by atoms with van der Waals surface area (Å²) >= 11 is 12.6. The number of nitrogens with zero attached hydrogens (tertiary/aromatic N) is 4. The van der Waals surface area contributed by atoms with Crippen LogP contribution >= 0.6 is 23.2 Å². The number of hydrogen-bond donors (Lipinski definition) is 0. The van der Waals surface area contributed by atoms with Crippen LogP contribution in [0, 0.1) is 16.7 Å². The monoisotopic (exact) mass is 578 g/mol. The minimum Gasteiger partial charge on any atom is -0.341 e. The molecule has 1 aliphatic rings. The summed E-state index contributed by atoms with van der Waals surface area (Å²) in [7, 11) is 1.80. The molecule has 2 amide bonds. The molecule has 0 saturated carbocycles. The number of benzene rings is 3. The maximum atomic E-state index is 13.7. The summed E-state index contributed by atoms with van der Waals surface area (Å²) in [4.78, 5) is 32.5. The first-order valence-electron chi connectivity index (χ1n) is 13.6. The van der Waals surface area contributed by atoms with Crippen molar-refractivity contribution in [1.82, 2.24) is 14.7 Å². The Hall–Kier alpha value is -3.11. The van der Waals surface area contributed by atoms with Gasteiger partial charge < -0.3 is 9.80 Å². The quantitative estimate of drug-likeness (QED) is 0.323. The highest BCUT2D eigenvalue weighted by Crippen LogP contribution is 2.30. The molecule has 4 rings (SSSR count). The van der Waals surface area contributed by atoms with E-state index in [4.69, 9.17) is 23.2 Å². The number of carbonyl (C=O) groups is 2. The first-order valence-corrected chi connectivity index (χ1v) is 14.4. The van der Waals surface area contributed by atoms with Crippen LogP contribution in [-0.4, -0.2) is 72.8 Å². The van der Waals surface area contributed by atoms with Crippen LogP contribution in [0.3, 0.4) is 0 Å². The molecule has 40 heavy (non-hydrogen) atoms. The Kier molecular flexibility index (Phi) is 9.41. The summed E-state index contributed by atoms with van der Waals surface area (Å²) in [6, 6.07) is 19.0. The normalized spacial score (nSPS) is 15.1. The molecule has 0 aliphatic carbocycles. The summed E-state index contributed by atoms with van der Waals surface area (Å²) in [6.07, 6.45) is 0.807. The topological polar surface area (TPSA) is 67.7 Å². The van der Waals surface area contributed by atoms with Gasteiger partial charge in [0.1, 0.15) is 0 Å². The van der Waals surface area contributed by atoms with Gasteiger partial charge in [-0.3, -0.25) is 14.5 Å². The predicted octanol–water partition coefficient (Wildman–Crippen LogP) is 6.45. The Labute approximate surface area is 247 Å². The zero-order valence-corrected chi connectivity index (χ0v) is 25.1. The maximum Gasteiger partial charge on any atom is 0.254 e. The Morgan fingerprint density at radius 3 is 2.35 bits per heavy atom. The van der Waals surface area contributed by atoms with Gasteiger partial charge in [-0.1, -0.05) is 74.3 Å². The van der Waals surface area contributed by atoms with Crippen molar-refractivity contribution in [3.05, 3.63) is 81.3 Å². The van der Waals surface area contributed by atoms with Crippen molar-refractivity contribution in [2.24, 2.45) is 5.41 Å². The fraction of sp³-hybridized carbons (Fsp3) is 0.406. The smallest absolute Gasteiger partial charge is 0.254 e. The molecular weight excluding hydrogens is 543 g/mol. The average molecular weight is 580 g/mol. The first-order chi connectivity index (χ1) is 19.0. The number of amides is 2. The number of carbonyl (C=O) groups excluding carboxylic acids is 2. The van der Waals surface area contributed by atoms with Gasteiger partial charge in [-0.25, -0.2) is 0 Å². The van der Waals surface area contributed by atoms with Crippen molar-refractivity contribution in [1.29, 1.82) is 5.26 Å². The summed E-state index contributed by atoms with van der Waals surface area (Å²) < 4.78 is 0. The van der Waals surface area contributed by atoms with E-state index in [2.05, 4.69) is 11.0 Å². The molecule has 1 fully saturated rings. The number of piperazine rings is 1. The molecule has 6 nitrogen and oxygen atoms in total. The molecule has 0 spiro atoms. The fourth-order valence-electron chi connectivity index (χ4n) is 5.29. The Bertz CT molecular complexity index is 1440. The van der Waals surface area contributed by atoms with Gasteiger partial charge in [-0.15, -0.1) is 0 Å². The van der Waals surface area contributed by atoms with Crippen LogP contribution in [0.15, 0.2) is 54.6 Å². The standard InChI is InChI=1S/C32H36Cl2N4O2/c1-32(2,3)31(40)38-15-13-37(14-16-38)12-11-25(23-9-10-28(33)29(34)19-23)21-36(4)30(39)27-18-22(20-35)17-24-7-5-6-8-26(24)27/h5-10,17-19,25H,11-16,21H2,1-4H3/t25-/m1/s1. The molecule has 1 atom stereocenters. The molecule has 1 heterocycles. The van der Waals surface area contributed by atoms with Crippen LogP contribution in [0.2, 0.25) is 10.0 Å². The van der Waals surface area contributed by atoms with E-state index in [0.717, 1.165) is 42.4 Å². The average Bonchev–Trinajstić information content (AvgIpc) is 2.95. The molecule has 1 saturated heterocycles. The zero-order valence-electron chi connectivity index (χ0n) is 23.6. The molecule has 0 bridgehead atoms. The van der Waals surface area contributed by atoms with E-state index < -0.39 is 0 Å². The number of fused-ring (bicyclic) bond motifs is 1. The van der Waals surface area contributed by atoms with E-state index >= 15 is 0 Å². The van der Waals surface area contributed by atoms with Gasteiger partial charge in [-0.05, 0) is 53.6 Å². The third-order valence-electron chi connectivity index (χ3n) is 7.57. The maximum absolute atomic E-state index is 13.7. The molecular formula is C32H36Cl2N4O2.